The van der Waals surface area contributed by atoms with Gasteiger partial charge < -0.3 is 19.9 Å². The Bertz CT molecular complexity index is 1470. The first-order valence-electron chi connectivity index (χ1n) is 13.0. The number of hydrogen-bond acceptors (Lipinski definition) is 6. The number of benzene rings is 1. The summed E-state index contributed by atoms with van der Waals surface area (Å²) < 4.78 is 82.7. The Morgan fingerprint density at radius 3 is 2.60 bits per heavy atom. The molecule has 2 aromatic rings. The van der Waals surface area contributed by atoms with Crippen LogP contribution in [0.2, 0.25) is 0 Å². The lowest BCUT2D eigenvalue weighted by Gasteiger charge is -2.34. The van der Waals surface area contributed by atoms with Gasteiger partial charge in [0, 0.05) is 43.6 Å². The average molecular weight is 587 g/mol. The lowest BCUT2D eigenvalue weighted by Crippen LogP contribution is -2.38. The summed E-state index contributed by atoms with van der Waals surface area (Å²) >= 11 is 0. The molecule has 1 aromatic carbocycles. The number of nitrogens with zero attached hydrogens (tertiary/aromatic N) is 2. The normalized spacial score (nSPS) is 25.5. The molecule has 3 atom stereocenters. The Morgan fingerprint density at radius 1 is 1.18 bits per heavy atom. The third kappa shape index (κ3) is 5.55. The van der Waals surface area contributed by atoms with Crippen molar-refractivity contribution in [2.45, 2.75) is 50.5 Å². The molecule has 14 heteroatoms. The van der Waals surface area contributed by atoms with Gasteiger partial charge in [0.05, 0.1) is 29.3 Å². The zero-order valence-corrected chi connectivity index (χ0v) is 22.3. The summed E-state index contributed by atoms with van der Waals surface area (Å²) in [6.07, 6.45) is -1.18. The molecule has 5 rings (SSSR count). The quantitative estimate of drug-likeness (QED) is 0.386. The Morgan fingerprint density at radius 2 is 1.95 bits per heavy atom. The maximum absolute atomic E-state index is 13.8. The largest absolute Gasteiger partial charge is 0.395 e. The van der Waals surface area contributed by atoms with Gasteiger partial charge in [-0.2, -0.15) is 0 Å². The van der Waals surface area contributed by atoms with E-state index in [1.165, 1.54) is 41.1 Å². The van der Waals surface area contributed by atoms with Gasteiger partial charge in [-0.05, 0) is 55.5 Å². The summed E-state index contributed by atoms with van der Waals surface area (Å²) in [6.45, 7) is -0.146. The first-order chi connectivity index (χ1) is 18.8. The molecule has 2 heterocycles. The lowest BCUT2D eigenvalue weighted by molar-refractivity contribution is 0.00550. The first kappa shape index (κ1) is 28.4. The molecule has 2 aliphatic carbocycles. The third-order valence-corrected chi connectivity index (χ3v) is 9.48. The Labute approximate surface area is 228 Å². The van der Waals surface area contributed by atoms with E-state index in [4.69, 9.17) is 5.11 Å². The number of aliphatic hydroxyl groups excluding tert-OH is 1. The smallest absolute Gasteiger partial charge is 0.274 e. The minimum atomic E-state index is -3.88. The molecule has 9 nitrogen and oxygen atoms in total. The molecule has 0 bridgehead atoms. The summed E-state index contributed by atoms with van der Waals surface area (Å²) in [5.74, 6) is -4.39. The highest BCUT2D eigenvalue weighted by atomic mass is 32.2. The lowest BCUT2D eigenvalue weighted by atomic mass is 9.95. The highest BCUT2D eigenvalue weighted by molar-refractivity contribution is 7.92. The van der Waals surface area contributed by atoms with Gasteiger partial charge in [0.25, 0.3) is 11.5 Å². The third-order valence-electron chi connectivity index (χ3n) is 8.21. The molecule has 3 fully saturated rings. The number of alkyl halides is 4. The first-order valence-corrected chi connectivity index (χ1v) is 14.7. The van der Waals surface area contributed by atoms with Crippen LogP contribution < -0.4 is 20.5 Å². The number of aliphatic hydroxyl groups is 1. The molecule has 1 amide bonds. The summed E-state index contributed by atoms with van der Waals surface area (Å²) in [5.41, 5.74) is -1.29. The molecule has 1 saturated heterocycles. The number of nitrogens with one attached hydrogen (secondary N) is 2. The molecular formula is C26H30F4N4O5S. The molecule has 0 spiro atoms. The fraction of sp³-hybridized carbons (Fsp3) is 0.538. The second-order valence-corrected chi connectivity index (χ2v) is 12.7. The maximum Gasteiger partial charge on any atom is 0.274 e. The Kier molecular flexibility index (Phi) is 7.36. The van der Waals surface area contributed by atoms with E-state index in [-0.39, 0.29) is 55.2 Å². The molecule has 2 saturated carbocycles. The Hall–Kier alpha value is -3.13. The Balaban J connectivity index is 1.43. The number of fused-ring (bicyclic) bond motifs is 1. The number of aromatic nitrogens is 1. The van der Waals surface area contributed by atoms with Crippen LogP contribution in [0.15, 0.2) is 41.3 Å². The predicted octanol–water partition coefficient (Wildman–Crippen LogP) is 3.68. The van der Waals surface area contributed by atoms with Crippen molar-refractivity contribution in [1.29, 1.82) is 0 Å². The van der Waals surface area contributed by atoms with Gasteiger partial charge in [0.1, 0.15) is 5.69 Å². The summed E-state index contributed by atoms with van der Waals surface area (Å²) in [4.78, 5) is 28.2. The number of amides is 1. The van der Waals surface area contributed by atoms with Crippen molar-refractivity contribution >= 4 is 33.0 Å². The van der Waals surface area contributed by atoms with E-state index < -0.39 is 64.1 Å². The number of carbonyl (C=O) groups excluding carboxylic acids is 1. The molecular weight excluding hydrogens is 556 g/mol. The molecule has 1 aliphatic heterocycles. The van der Waals surface area contributed by atoms with Crippen molar-refractivity contribution in [3.05, 3.63) is 52.4 Å². The van der Waals surface area contributed by atoms with Crippen LogP contribution in [0, 0.1) is 11.3 Å². The number of halogens is 4. The van der Waals surface area contributed by atoms with Gasteiger partial charge in [-0.25, -0.2) is 26.0 Å². The SMILES string of the molecule is O=C(Nc1cccn([C@@H]2CCC(F)(F)C2)c1=O)c1ccc(NS(=O)(=O)CCO)cc1N1CC[C@@]2(C(F)F)C[C@H]2C1. The van der Waals surface area contributed by atoms with Gasteiger partial charge in [0.2, 0.25) is 22.4 Å². The monoisotopic (exact) mass is 586 g/mol. The van der Waals surface area contributed by atoms with Crippen LogP contribution in [0.5, 0.6) is 0 Å². The van der Waals surface area contributed by atoms with E-state index in [0.29, 0.717) is 12.1 Å². The molecule has 3 N–H and O–H groups in total. The van der Waals surface area contributed by atoms with E-state index in [2.05, 4.69) is 10.0 Å². The number of anilines is 3. The molecule has 218 valence electrons. The van der Waals surface area contributed by atoms with Crippen LogP contribution >= 0.6 is 0 Å². The van der Waals surface area contributed by atoms with Crippen LogP contribution in [0.1, 0.15) is 48.5 Å². The number of pyridine rings is 1. The molecule has 3 aliphatic rings. The van der Waals surface area contributed by atoms with Gasteiger partial charge >= 0.3 is 0 Å². The molecule has 0 radical (unpaired) electrons. The molecule has 0 unspecified atom stereocenters. The van der Waals surface area contributed by atoms with Gasteiger partial charge in [-0.15, -0.1) is 0 Å². The van der Waals surface area contributed by atoms with Gasteiger partial charge in [0.15, 0.2) is 0 Å². The highest BCUT2D eigenvalue weighted by Crippen LogP contribution is 2.61. The highest BCUT2D eigenvalue weighted by Gasteiger charge is 2.62. The fourth-order valence-corrected chi connectivity index (χ4v) is 6.72. The van der Waals surface area contributed by atoms with Crippen LogP contribution in [0.3, 0.4) is 0 Å². The average Bonchev–Trinajstić information content (AvgIpc) is 3.53. The van der Waals surface area contributed by atoms with Crippen molar-refractivity contribution < 1.29 is 35.9 Å². The maximum atomic E-state index is 13.8. The molecule has 40 heavy (non-hydrogen) atoms. The van der Waals surface area contributed by atoms with Crippen molar-refractivity contribution in [1.82, 2.24) is 4.57 Å². The minimum Gasteiger partial charge on any atom is -0.395 e. The topological polar surface area (TPSA) is 121 Å². The second-order valence-electron chi connectivity index (χ2n) is 10.8. The van der Waals surface area contributed by atoms with Gasteiger partial charge in [-0.3, -0.25) is 14.3 Å². The minimum absolute atomic E-state index is 0.0810. The summed E-state index contributed by atoms with van der Waals surface area (Å²) in [7, 11) is -3.88. The zero-order chi connectivity index (χ0) is 28.9. The van der Waals surface area contributed by atoms with Crippen LogP contribution in [0.4, 0.5) is 34.6 Å². The fourth-order valence-electron chi connectivity index (χ4n) is 5.89. The van der Waals surface area contributed by atoms with Crippen molar-refractivity contribution in [2.75, 3.05) is 40.4 Å². The summed E-state index contributed by atoms with van der Waals surface area (Å²) in [6, 6.07) is 6.27. The number of rotatable bonds is 9. The van der Waals surface area contributed by atoms with E-state index in [1.54, 1.807) is 4.90 Å². The van der Waals surface area contributed by atoms with Crippen molar-refractivity contribution in [3.63, 3.8) is 0 Å². The number of piperidine rings is 1. The second kappa shape index (κ2) is 10.4. The zero-order valence-electron chi connectivity index (χ0n) is 21.5. The van der Waals surface area contributed by atoms with Crippen LogP contribution in [0.25, 0.3) is 0 Å². The van der Waals surface area contributed by atoms with Crippen LogP contribution in [-0.2, 0) is 10.0 Å². The van der Waals surface area contributed by atoms with E-state index >= 15 is 0 Å². The summed E-state index contributed by atoms with van der Waals surface area (Å²) in [5, 5.41) is 11.6. The van der Waals surface area contributed by atoms with E-state index in [1.807, 2.05) is 0 Å². The van der Waals surface area contributed by atoms with E-state index in [0.717, 1.165) is 0 Å². The number of carbonyl (C=O) groups is 1. The van der Waals surface area contributed by atoms with E-state index in [9.17, 15) is 35.6 Å². The number of sulfonamides is 1. The molecule has 1 aromatic heterocycles. The standard InChI is InChI=1S/C26H30F4N4O5S/c27-24(28)25-7-9-33(15-16(25)13-25)21-12-17(32-40(38,39)11-10-35)3-4-19(21)22(36)31-20-2-1-8-34(23(20)37)18-5-6-26(29,30)14-18/h1-4,8,12,16,18,24,32,35H,5-7,9-11,13-15H2,(H,31,36)/t16-,18+,25+/m0/s1. The van der Waals surface area contributed by atoms with Crippen LogP contribution in [-0.4, -0.2) is 61.8 Å². The number of hydrogen-bond donors (Lipinski definition) is 3. The van der Waals surface area contributed by atoms with Crippen molar-refractivity contribution in [2.24, 2.45) is 11.3 Å². The van der Waals surface area contributed by atoms with Crippen molar-refractivity contribution in [3.8, 4) is 0 Å². The van der Waals surface area contributed by atoms with Gasteiger partial charge in [-0.1, -0.05) is 0 Å². The predicted molar refractivity (Wildman–Crippen MR) is 141 cm³/mol.